The Morgan fingerprint density at radius 3 is 2.55 bits per heavy atom. The summed E-state index contributed by atoms with van der Waals surface area (Å²) in [6, 6.07) is 8.61. The maximum Gasteiger partial charge on any atom is 0.337 e. The Bertz CT molecular complexity index is 820. The molecule has 22 heavy (non-hydrogen) atoms. The third-order valence-corrected chi connectivity index (χ3v) is 4.22. The number of sulfonamides is 1. The van der Waals surface area contributed by atoms with Crippen molar-refractivity contribution in [1.29, 1.82) is 0 Å². The lowest BCUT2D eigenvalue weighted by atomic mass is 10.2. The summed E-state index contributed by atoms with van der Waals surface area (Å²) in [5, 5.41) is 9.03. The number of nitrogens with one attached hydrogen (secondary N) is 1. The van der Waals surface area contributed by atoms with Gasteiger partial charge in [-0.2, -0.15) is 0 Å². The van der Waals surface area contributed by atoms with Gasteiger partial charge in [0.2, 0.25) is 0 Å². The lowest BCUT2D eigenvalue weighted by Crippen LogP contribution is -2.16. The summed E-state index contributed by atoms with van der Waals surface area (Å²) in [6.07, 6.45) is 0. The first-order valence-corrected chi connectivity index (χ1v) is 7.52. The highest BCUT2D eigenvalue weighted by atomic mass is 32.2. The van der Waals surface area contributed by atoms with Gasteiger partial charge in [0.15, 0.2) is 0 Å². The topological polar surface area (TPSA) is 92.7 Å². The average Bonchev–Trinajstić information content (AvgIpc) is 2.48. The largest absolute Gasteiger partial charge is 0.495 e. The fourth-order valence-electron chi connectivity index (χ4n) is 1.82. The van der Waals surface area contributed by atoms with E-state index < -0.39 is 27.4 Å². The second-order valence-electron chi connectivity index (χ2n) is 4.25. The molecule has 0 atom stereocenters. The zero-order valence-electron chi connectivity index (χ0n) is 11.4. The van der Waals surface area contributed by atoms with Crippen LogP contribution in [0.25, 0.3) is 0 Å². The van der Waals surface area contributed by atoms with Crippen molar-refractivity contribution in [3.63, 3.8) is 0 Å². The number of ether oxygens (including phenoxy) is 1. The van der Waals surface area contributed by atoms with E-state index in [1.165, 1.54) is 25.3 Å². The van der Waals surface area contributed by atoms with Crippen molar-refractivity contribution in [2.24, 2.45) is 0 Å². The molecular formula is C14H12FNO5S. The lowest BCUT2D eigenvalue weighted by molar-refractivity contribution is 0.0697. The fraction of sp³-hybridized carbons (Fsp3) is 0.0714. The molecule has 0 spiro atoms. The minimum Gasteiger partial charge on any atom is -0.495 e. The van der Waals surface area contributed by atoms with Gasteiger partial charge in [0.05, 0.1) is 18.4 Å². The summed E-state index contributed by atoms with van der Waals surface area (Å²) >= 11 is 0. The molecule has 0 bridgehead atoms. The normalized spacial score (nSPS) is 11.0. The molecule has 0 aliphatic rings. The van der Waals surface area contributed by atoms with E-state index in [0.29, 0.717) is 0 Å². The molecule has 2 aromatic rings. The summed E-state index contributed by atoms with van der Waals surface area (Å²) in [4.78, 5) is 10.9. The van der Waals surface area contributed by atoms with Crippen LogP contribution in [0.3, 0.4) is 0 Å². The van der Waals surface area contributed by atoms with Crippen molar-refractivity contribution in [3.05, 3.63) is 53.8 Å². The zero-order valence-corrected chi connectivity index (χ0v) is 12.2. The molecule has 6 nitrogen and oxygen atoms in total. The molecule has 0 saturated heterocycles. The predicted octanol–water partition coefficient (Wildman–Crippen LogP) is 2.33. The number of methoxy groups -OCH3 is 1. The minimum atomic E-state index is -4.09. The van der Waals surface area contributed by atoms with Gasteiger partial charge in [0.1, 0.15) is 16.5 Å². The van der Waals surface area contributed by atoms with Crippen LogP contribution in [0.5, 0.6) is 5.75 Å². The van der Waals surface area contributed by atoms with Crippen LogP contribution in [0, 0.1) is 5.82 Å². The Labute approximate surface area is 126 Å². The zero-order chi connectivity index (χ0) is 16.3. The molecule has 0 heterocycles. The molecule has 0 aliphatic heterocycles. The monoisotopic (exact) mass is 325 g/mol. The maximum absolute atomic E-state index is 13.1. The third kappa shape index (κ3) is 3.17. The van der Waals surface area contributed by atoms with Gasteiger partial charge in [0, 0.05) is 0 Å². The molecule has 116 valence electrons. The highest BCUT2D eigenvalue weighted by Gasteiger charge is 2.22. The van der Waals surface area contributed by atoms with Gasteiger partial charge in [-0.1, -0.05) is 12.1 Å². The SMILES string of the molecule is COc1ccccc1S(=O)(=O)Nc1ccc(F)cc1C(=O)O. The van der Waals surface area contributed by atoms with E-state index in [-0.39, 0.29) is 16.3 Å². The molecule has 2 aromatic carbocycles. The number of para-hydroxylation sites is 1. The Kier molecular flexibility index (Phi) is 4.32. The fourth-order valence-corrected chi connectivity index (χ4v) is 3.07. The van der Waals surface area contributed by atoms with E-state index in [1.807, 2.05) is 0 Å². The standard InChI is InChI=1S/C14H12FNO5S/c1-21-12-4-2-3-5-13(12)22(19,20)16-11-7-6-9(15)8-10(11)14(17)18/h2-8,16H,1H3,(H,17,18). The van der Waals surface area contributed by atoms with Crippen molar-refractivity contribution in [3.8, 4) is 5.75 Å². The van der Waals surface area contributed by atoms with Crippen molar-refractivity contribution in [2.45, 2.75) is 4.90 Å². The second-order valence-corrected chi connectivity index (χ2v) is 5.90. The van der Waals surface area contributed by atoms with Crippen LogP contribution < -0.4 is 9.46 Å². The number of carboxylic acids is 1. The third-order valence-electron chi connectivity index (χ3n) is 2.81. The van der Waals surface area contributed by atoms with Gasteiger partial charge in [-0.25, -0.2) is 17.6 Å². The van der Waals surface area contributed by atoms with Crippen molar-refractivity contribution < 1.29 is 27.4 Å². The molecule has 0 radical (unpaired) electrons. The van der Waals surface area contributed by atoms with Gasteiger partial charge in [0.25, 0.3) is 10.0 Å². The average molecular weight is 325 g/mol. The van der Waals surface area contributed by atoms with E-state index in [4.69, 9.17) is 9.84 Å². The van der Waals surface area contributed by atoms with Gasteiger partial charge in [-0.15, -0.1) is 0 Å². The van der Waals surface area contributed by atoms with E-state index in [1.54, 1.807) is 6.07 Å². The molecule has 0 saturated carbocycles. The van der Waals surface area contributed by atoms with Gasteiger partial charge in [-0.05, 0) is 30.3 Å². The van der Waals surface area contributed by atoms with Crippen LogP contribution in [0.1, 0.15) is 10.4 Å². The highest BCUT2D eigenvalue weighted by molar-refractivity contribution is 7.92. The first kappa shape index (κ1) is 15.8. The molecule has 8 heteroatoms. The molecule has 0 aromatic heterocycles. The van der Waals surface area contributed by atoms with Crippen LogP contribution in [-0.2, 0) is 10.0 Å². The number of carbonyl (C=O) groups is 1. The van der Waals surface area contributed by atoms with Crippen LogP contribution in [0.4, 0.5) is 10.1 Å². The van der Waals surface area contributed by atoms with Crippen molar-refractivity contribution >= 4 is 21.7 Å². The highest BCUT2D eigenvalue weighted by Crippen LogP contribution is 2.26. The number of aromatic carboxylic acids is 1. The molecule has 0 aliphatic carbocycles. The second kappa shape index (κ2) is 6.02. The van der Waals surface area contributed by atoms with E-state index in [2.05, 4.69) is 4.72 Å². The van der Waals surface area contributed by atoms with Gasteiger partial charge >= 0.3 is 5.97 Å². The summed E-state index contributed by atoms with van der Waals surface area (Å²) in [7, 11) is -2.77. The Hall–Kier alpha value is -2.61. The number of halogens is 1. The number of rotatable bonds is 5. The van der Waals surface area contributed by atoms with Gasteiger partial charge < -0.3 is 9.84 Å². The van der Waals surface area contributed by atoms with Crippen LogP contribution in [-0.4, -0.2) is 26.6 Å². The van der Waals surface area contributed by atoms with E-state index in [0.717, 1.165) is 18.2 Å². The summed E-state index contributed by atoms with van der Waals surface area (Å²) in [5.74, 6) is -2.12. The molecule has 0 unspecified atom stereocenters. The quantitative estimate of drug-likeness (QED) is 0.880. The maximum atomic E-state index is 13.1. The Morgan fingerprint density at radius 1 is 1.23 bits per heavy atom. The number of carboxylic acid groups (broad SMARTS) is 1. The Morgan fingerprint density at radius 2 is 1.91 bits per heavy atom. The van der Waals surface area contributed by atoms with E-state index in [9.17, 15) is 17.6 Å². The number of anilines is 1. The van der Waals surface area contributed by atoms with Crippen LogP contribution >= 0.6 is 0 Å². The summed E-state index contributed by atoms with van der Waals surface area (Å²) in [5.41, 5.74) is -0.724. The molecule has 0 fully saturated rings. The minimum absolute atomic E-state index is 0.106. The van der Waals surface area contributed by atoms with Crippen LogP contribution in [0.15, 0.2) is 47.4 Å². The first-order valence-electron chi connectivity index (χ1n) is 6.04. The molecule has 0 amide bonds. The Balaban J connectivity index is 2.48. The summed E-state index contributed by atoms with van der Waals surface area (Å²) in [6.45, 7) is 0. The molecule has 2 N–H and O–H groups in total. The number of benzene rings is 2. The number of hydrogen-bond acceptors (Lipinski definition) is 4. The van der Waals surface area contributed by atoms with E-state index >= 15 is 0 Å². The van der Waals surface area contributed by atoms with Crippen molar-refractivity contribution in [1.82, 2.24) is 0 Å². The smallest absolute Gasteiger partial charge is 0.337 e. The van der Waals surface area contributed by atoms with Crippen LogP contribution in [0.2, 0.25) is 0 Å². The lowest BCUT2D eigenvalue weighted by Gasteiger charge is -2.13. The molecular weight excluding hydrogens is 313 g/mol. The predicted molar refractivity (Wildman–Crippen MR) is 77.2 cm³/mol. The first-order chi connectivity index (χ1) is 10.3. The number of hydrogen-bond donors (Lipinski definition) is 2. The molecule has 2 rings (SSSR count). The van der Waals surface area contributed by atoms with Gasteiger partial charge in [-0.3, -0.25) is 4.72 Å². The van der Waals surface area contributed by atoms with Crippen molar-refractivity contribution in [2.75, 3.05) is 11.8 Å². The summed E-state index contributed by atoms with van der Waals surface area (Å²) < 4.78 is 44.9.